The molecule has 122 valence electrons. The van der Waals surface area contributed by atoms with E-state index in [9.17, 15) is 14.9 Å². The van der Waals surface area contributed by atoms with Gasteiger partial charge in [-0.15, -0.1) is 11.3 Å². The molecule has 7 heteroatoms. The first-order chi connectivity index (χ1) is 11.6. The van der Waals surface area contributed by atoms with Crippen molar-refractivity contribution in [1.29, 1.82) is 0 Å². The minimum atomic E-state index is -0.464. The van der Waals surface area contributed by atoms with E-state index in [4.69, 9.17) is 4.74 Å². The second-order valence-electron chi connectivity index (χ2n) is 5.16. The SMILES string of the molecule is O=C(CCc1nc2ccccc2s1)OCc1ccc([N+](=O)[O-])cc1. The van der Waals surface area contributed by atoms with E-state index in [1.807, 2.05) is 24.3 Å². The summed E-state index contributed by atoms with van der Waals surface area (Å²) in [5, 5.41) is 11.5. The number of esters is 1. The first-order valence-corrected chi connectivity index (χ1v) is 8.17. The number of carbonyl (C=O) groups is 1. The molecule has 3 aromatic rings. The standard InChI is InChI=1S/C17H14N2O4S/c20-17(23-11-12-5-7-13(8-6-12)19(21)22)10-9-16-18-14-3-1-2-4-15(14)24-16/h1-8H,9-11H2. The number of non-ortho nitro benzene ring substituents is 1. The van der Waals surface area contributed by atoms with Crippen LogP contribution in [0.2, 0.25) is 0 Å². The summed E-state index contributed by atoms with van der Waals surface area (Å²) in [5.41, 5.74) is 1.67. The average molecular weight is 342 g/mol. The van der Waals surface area contributed by atoms with E-state index in [-0.39, 0.29) is 24.7 Å². The Kier molecular flexibility index (Phi) is 4.81. The Labute approximate surface area is 141 Å². The van der Waals surface area contributed by atoms with Crippen LogP contribution in [-0.2, 0) is 22.6 Å². The van der Waals surface area contributed by atoms with Crippen LogP contribution in [-0.4, -0.2) is 15.9 Å². The second kappa shape index (κ2) is 7.18. The number of benzene rings is 2. The highest BCUT2D eigenvalue weighted by molar-refractivity contribution is 7.18. The molecule has 1 aromatic heterocycles. The van der Waals surface area contributed by atoms with Crippen LogP contribution in [0.1, 0.15) is 17.0 Å². The lowest BCUT2D eigenvalue weighted by atomic mass is 10.2. The summed E-state index contributed by atoms with van der Waals surface area (Å²) in [6, 6.07) is 13.8. The number of carbonyl (C=O) groups excluding carboxylic acids is 1. The molecule has 0 aliphatic rings. The Morgan fingerprint density at radius 3 is 2.62 bits per heavy atom. The number of para-hydroxylation sites is 1. The number of hydrogen-bond donors (Lipinski definition) is 0. The molecule has 24 heavy (non-hydrogen) atoms. The van der Waals surface area contributed by atoms with Gasteiger partial charge in [-0.2, -0.15) is 0 Å². The van der Waals surface area contributed by atoms with Gasteiger partial charge in [-0.3, -0.25) is 14.9 Å². The molecule has 0 aliphatic heterocycles. The molecular weight excluding hydrogens is 328 g/mol. The van der Waals surface area contributed by atoms with Gasteiger partial charge in [-0.1, -0.05) is 12.1 Å². The molecule has 0 aliphatic carbocycles. The van der Waals surface area contributed by atoms with Crippen molar-refractivity contribution in [3.63, 3.8) is 0 Å². The smallest absolute Gasteiger partial charge is 0.306 e. The summed E-state index contributed by atoms with van der Waals surface area (Å²) in [5.74, 6) is -0.312. The summed E-state index contributed by atoms with van der Waals surface area (Å²) in [7, 11) is 0. The third-order valence-electron chi connectivity index (χ3n) is 3.43. The maximum absolute atomic E-state index is 11.8. The lowest BCUT2D eigenvalue weighted by Gasteiger charge is -2.04. The highest BCUT2D eigenvalue weighted by Crippen LogP contribution is 2.22. The van der Waals surface area contributed by atoms with Crippen molar-refractivity contribution in [3.05, 3.63) is 69.2 Å². The fourth-order valence-corrected chi connectivity index (χ4v) is 3.15. The van der Waals surface area contributed by atoms with E-state index < -0.39 is 4.92 Å². The van der Waals surface area contributed by atoms with Crippen molar-refractivity contribution in [1.82, 2.24) is 4.98 Å². The summed E-state index contributed by atoms with van der Waals surface area (Å²) >= 11 is 1.58. The minimum absolute atomic E-state index is 0.0147. The Bertz CT molecular complexity index is 841. The van der Waals surface area contributed by atoms with E-state index in [1.165, 1.54) is 12.1 Å². The molecule has 3 rings (SSSR count). The molecule has 0 unspecified atom stereocenters. The van der Waals surface area contributed by atoms with Crippen molar-refractivity contribution in [2.24, 2.45) is 0 Å². The summed E-state index contributed by atoms with van der Waals surface area (Å²) in [6.45, 7) is 0.108. The number of nitrogens with zero attached hydrogens (tertiary/aromatic N) is 2. The number of thiazole rings is 1. The molecular formula is C17H14N2O4S. The van der Waals surface area contributed by atoms with Gasteiger partial charge in [0, 0.05) is 18.6 Å². The Morgan fingerprint density at radius 1 is 1.17 bits per heavy atom. The number of aryl methyl sites for hydroxylation is 1. The van der Waals surface area contributed by atoms with E-state index in [1.54, 1.807) is 23.5 Å². The molecule has 0 saturated heterocycles. The Balaban J connectivity index is 1.49. The van der Waals surface area contributed by atoms with Gasteiger partial charge < -0.3 is 4.74 Å². The number of aromatic nitrogens is 1. The highest BCUT2D eigenvalue weighted by atomic mass is 32.1. The van der Waals surface area contributed by atoms with E-state index in [0.717, 1.165) is 15.2 Å². The summed E-state index contributed by atoms with van der Waals surface area (Å²) in [4.78, 5) is 26.4. The van der Waals surface area contributed by atoms with Gasteiger partial charge in [-0.05, 0) is 29.8 Å². The van der Waals surface area contributed by atoms with Gasteiger partial charge in [-0.25, -0.2) is 4.98 Å². The van der Waals surface area contributed by atoms with Crippen molar-refractivity contribution < 1.29 is 14.5 Å². The predicted molar refractivity (Wildman–Crippen MR) is 90.8 cm³/mol. The Hall–Kier alpha value is -2.80. The number of fused-ring (bicyclic) bond motifs is 1. The van der Waals surface area contributed by atoms with Crippen molar-refractivity contribution in [2.75, 3.05) is 0 Å². The van der Waals surface area contributed by atoms with E-state index >= 15 is 0 Å². The minimum Gasteiger partial charge on any atom is -0.461 e. The van der Waals surface area contributed by atoms with Crippen LogP contribution in [0.25, 0.3) is 10.2 Å². The lowest BCUT2D eigenvalue weighted by Crippen LogP contribution is -2.05. The van der Waals surface area contributed by atoms with Crippen LogP contribution in [0.15, 0.2) is 48.5 Å². The average Bonchev–Trinajstić information content (AvgIpc) is 3.01. The fourth-order valence-electron chi connectivity index (χ4n) is 2.19. The van der Waals surface area contributed by atoms with Gasteiger partial charge in [0.25, 0.3) is 5.69 Å². The monoisotopic (exact) mass is 342 g/mol. The number of nitro groups is 1. The first-order valence-electron chi connectivity index (χ1n) is 7.35. The molecule has 2 aromatic carbocycles. The second-order valence-corrected chi connectivity index (χ2v) is 6.27. The molecule has 0 saturated carbocycles. The molecule has 0 N–H and O–H groups in total. The number of ether oxygens (including phenoxy) is 1. The van der Waals surface area contributed by atoms with Crippen molar-refractivity contribution in [3.8, 4) is 0 Å². The van der Waals surface area contributed by atoms with Gasteiger partial charge in [0.05, 0.1) is 26.6 Å². The van der Waals surface area contributed by atoms with Crippen molar-refractivity contribution in [2.45, 2.75) is 19.4 Å². The largest absolute Gasteiger partial charge is 0.461 e. The quantitative estimate of drug-likeness (QED) is 0.386. The normalized spacial score (nSPS) is 10.7. The molecule has 0 amide bonds. The van der Waals surface area contributed by atoms with Crippen LogP contribution < -0.4 is 0 Å². The third kappa shape index (κ3) is 3.94. The van der Waals surface area contributed by atoms with Crippen LogP contribution >= 0.6 is 11.3 Å². The number of hydrogen-bond acceptors (Lipinski definition) is 6. The van der Waals surface area contributed by atoms with Crippen LogP contribution in [0.5, 0.6) is 0 Å². The van der Waals surface area contributed by atoms with Crippen LogP contribution in [0.4, 0.5) is 5.69 Å². The predicted octanol–water partition coefficient (Wildman–Crippen LogP) is 3.88. The molecule has 0 fully saturated rings. The third-order valence-corrected chi connectivity index (χ3v) is 4.52. The lowest BCUT2D eigenvalue weighted by molar-refractivity contribution is -0.384. The van der Waals surface area contributed by atoms with Gasteiger partial charge >= 0.3 is 5.97 Å². The molecule has 1 heterocycles. The Morgan fingerprint density at radius 2 is 1.92 bits per heavy atom. The zero-order valence-electron chi connectivity index (χ0n) is 12.7. The van der Waals surface area contributed by atoms with Crippen molar-refractivity contribution >= 4 is 33.2 Å². The molecule has 0 spiro atoms. The van der Waals surface area contributed by atoms with Gasteiger partial charge in [0.1, 0.15) is 6.61 Å². The topological polar surface area (TPSA) is 82.3 Å². The first kappa shape index (κ1) is 16.1. The molecule has 0 atom stereocenters. The molecule has 0 radical (unpaired) electrons. The van der Waals surface area contributed by atoms with Crippen LogP contribution in [0, 0.1) is 10.1 Å². The maximum atomic E-state index is 11.8. The van der Waals surface area contributed by atoms with Gasteiger partial charge in [0.15, 0.2) is 0 Å². The summed E-state index contributed by atoms with van der Waals surface area (Å²) < 4.78 is 6.30. The zero-order valence-corrected chi connectivity index (χ0v) is 13.5. The molecule has 0 bridgehead atoms. The van der Waals surface area contributed by atoms with Gasteiger partial charge in [0.2, 0.25) is 0 Å². The number of nitro benzene ring substituents is 1. The number of rotatable bonds is 6. The molecule has 6 nitrogen and oxygen atoms in total. The maximum Gasteiger partial charge on any atom is 0.306 e. The van der Waals surface area contributed by atoms with Crippen LogP contribution in [0.3, 0.4) is 0 Å². The fraction of sp³-hybridized carbons (Fsp3) is 0.176. The zero-order chi connectivity index (χ0) is 16.9. The highest BCUT2D eigenvalue weighted by Gasteiger charge is 2.09. The summed E-state index contributed by atoms with van der Waals surface area (Å²) in [6.07, 6.45) is 0.797. The van der Waals surface area contributed by atoms with E-state index in [2.05, 4.69) is 4.98 Å². The van der Waals surface area contributed by atoms with E-state index in [0.29, 0.717) is 12.0 Å².